The topological polar surface area (TPSA) is 32.3 Å². The molecule has 0 saturated carbocycles. The average molecular weight is 269 g/mol. The summed E-state index contributed by atoms with van der Waals surface area (Å²) in [6, 6.07) is 5.52. The molecular weight excluding hydrogens is 249 g/mol. The highest BCUT2D eigenvalue weighted by atomic mass is 32.2. The Balaban J connectivity index is 1.98. The van der Waals surface area contributed by atoms with Gasteiger partial charge < -0.3 is 10.4 Å². The van der Waals surface area contributed by atoms with E-state index >= 15 is 0 Å². The van der Waals surface area contributed by atoms with Gasteiger partial charge in [0.05, 0.1) is 6.10 Å². The highest BCUT2D eigenvalue weighted by Crippen LogP contribution is 2.37. The molecule has 0 fully saturated rings. The number of hydrogen-bond acceptors (Lipinski definition) is 3. The van der Waals surface area contributed by atoms with Crippen LogP contribution in [0.3, 0.4) is 0 Å². The molecule has 4 heteroatoms. The Morgan fingerprint density at radius 2 is 2.39 bits per heavy atom. The summed E-state index contributed by atoms with van der Waals surface area (Å²) in [5, 5.41) is 13.0. The van der Waals surface area contributed by atoms with E-state index in [-0.39, 0.29) is 18.0 Å². The van der Waals surface area contributed by atoms with Crippen LogP contribution in [0.25, 0.3) is 0 Å². The molecule has 100 valence electrons. The molecular formula is C14H20FNOS. The normalized spacial score (nSPS) is 20.5. The molecule has 0 bridgehead atoms. The molecule has 0 saturated heterocycles. The lowest BCUT2D eigenvalue weighted by Crippen LogP contribution is -2.27. The predicted octanol–water partition coefficient (Wildman–Crippen LogP) is 3.11. The molecule has 0 aromatic heterocycles. The van der Waals surface area contributed by atoms with Crippen molar-refractivity contribution in [3.05, 3.63) is 29.6 Å². The van der Waals surface area contributed by atoms with E-state index in [0.717, 1.165) is 42.0 Å². The second-order valence-corrected chi connectivity index (χ2v) is 5.76. The molecule has 1 aliphatic heterocycles. The summed E-state index contributed by atoms with van der Waals surface area (Å²) >= 11 is 1.60. The smallest absolute Gasteiger partial charge is 0.137 e. The van der Waals surface area contributed by atoms with Gasteiger partial charge in [-0.25, -0.2) is 4.39 Å². The quantitative estimate of drug-likeness (QED) is 0.861. The molecule has 2 atom stereocenters. The van der Waals surface area contributed by atoms with Gasteiger partial charge in [0.1, 0.15) is 5.82 Å². The van der Waals surface area contributed by atoms with Crippen molar-refractivity contribution in [2.75, 3.05) is 12.3 Å². The zero-order chi connectivity index (χ0) is 13.0. The molecule has 18 heavy (non-hydrogen) atoms. The Morgan fingerprint density at radius 1 is 1.56 bits per heavy atom. The third-order valence-electron chi connectivity index (χ3n) is 3.37. The highest BCUT2D eigenvalue weighted by Gasteiger charge is 2.22. The molecule has 0 amide bonds. The van der Waals surface area contributed by atoms with Crippen molar-refractivity contribution in [2.45, 2.75) is 43.2 Å². The van der Waals surface area contributed by atoms with Gasteiger partial charge in [-0.2, -0.15) is 0 Å². The number of aliphatic hydroxyl groups is 1. The lowest BCUT2D eigenvalue weighted by molar-refractivity contribution is 0.158. The van der Waals surface area contributed by atoms with E-state index in [0.29, 0.717) is 0 Å². The molecule has 0 aliphatic carbocycles. The SMILES string of the molecule is CCC(O)CCNC1CCSc2c(F)cccc21. The molecule has 1 aromatic carbocycles. The van der Waals surface area contributed by atoms with E-state index in [4.69, 9.17) is 0 Å². The van der Waals surface area contributed by atoms with Gasteiger partial charge in [-0.3, -0.25) is 0 Å². The molecule has 2 unspecified atom stereocenters. The minimum Gasteiger partial charge on any atom is -0.393 e. The van der Waals surface area contributed by atoms with E-state index in [1.807, 2.05) is 13.0 Å². The Labute approximate surface area is 112 Å². The summed E-state index contributed by atoms with van der Waals surface area (Å²) in [4.78, 5) is 0.789. The van der Waals surface area contributed by atoms with Crippen molar-refractivity contribution < 1.29 is 9.50 Å². The number of rotatable bonds is 5. The van der Waals surface area contributed by atoms with E-state index < -0.39 is 0 Å². The van der Waals surface area contributed by atoms with E-state index in [9.17, 15) is 9.50 Å². The molecule has 2 rings (SSSR count). The Morgan fingerprint density at radius 3 is 3.17 bits per heavy atom. The second-order valence-electron chi connectivity index (χ2n) is 4.65. The number of hydrogen-bond donors (Lipinski definition) is 2. The van der Waals surface area contributed by atoms with Crippen LogP contribution in [0.2, 0.25) is 0 Å². The van der Waals surface area contributed by atoms with Gasteiger partial charge in [0, 0.05) is 10.9 Å². The Bertz CT molecular complexity index is 399. The molecule has 1 aliphatic rings. The van der Waals surface area contributed by atoms with Gasteiger partial charge in [-0.05, 0) is 43.2 Å². The number of thioether (sulfide) groups is 1. The summed E-state index contributed by atoms with van der Waals surface area (Å²) in [6.45, 7) is 2.76. The Hall–Kier alpha value is -0.580. The molecule has 1 heterocycles. The Kier molecular flexibility index (Phi) is 5.03. The van der Waals surface area contributed by atoms with Gasteiger partial charge in [0.2, 0.25) is 0 Å². The van der Waals surface area contributed by atoms with Crippen LogP contribution in [0.1, 0.15) is 37.8 Å². The van der Waals surface area contributed by atoms with Gasteiger partial charge in [0.25, 0.3) is 0 Å². The minimum absolute atomic E-state index is 0.113. The average Bonchev–Trinajstić information content (AvgIpc) is 2.39. The zero-order valence-electron chi connectivity index (χ0n) is 10.7. The standard InChI is InChI=1S/C14H20FNOS/c1-2-10(17)6-8-16-13-7-9-18-14-11(13)4-3-5-12(14)15/h3-5,10,13,16-17H,2,6-9H2,1H3. The molecule has 0 spiro atoms. The summed E-state index contributed by atoms with van der Waals surface area (Å²) < 4.78 is 13.7. The molecule has 1 aromatic rings. The first-order chi connectivity index (χ1) is 8.72. The summed E-state index contributed by atoms with van der Waals surface area (Å²) in [5.74, 6) is 0.833. The van der Waals surface area contributed by atoms with Crippen molar-refractivity contribution in [3.63, 3.8) is 0 Å². The predicted molar refractivity (Wildman–Crippen MR) is 73.4 cm³/mol. The monoisotopic (exact) mass is 269 g/mol. The number of nitrogens with one attached hydrogen (secondary N) is 1. The summed E-state index contributed by atoms with van der Waals surface area (Å²) in [5.41, 5.74) is 1.07. The fourth-order valence-electron chi connectivity index (χ4n) is 2.23. The third kappa shape index (κ3) is 3.25. The fraction of sp³-hybridized carbons (Fsp3) is 0.571. The maximum atomic E-state index is 13.7. The van der Waals surface area contributed by atoms with Crippen molar-refractivity contribution in [3.8, 4) is 0 Å². The van der Waals surface area contributed by atoms with Crippen LogP contribution >= 0.6 is 11.8 Å². The van der Waals surface area contributed by atoms with E-state index in [1.54, 1.807) is 17.8 Å². The maximum Gasteiger partial charge on any atom is 0.137 e. The number of halogens is 1. The third-order valence-corrected chi connectivity index (χ3v) is 4.52. The first kappa shape index (κ1) is 13.8. The first-order valence-electron chi connectivity index (χ1n) is 6.55. The van der Waals surface area contributed by atoms with Crippen molar-refractivity contribution in [2.24, 2.45) is 0 Å². The van der Waals surface area contributed by atoms with Gasteiger partial charge >= 0.3 is 0 Å². The van der Waals surface area contributed by atoms with Crippen LogP contribution in [0.5, 0.6) is 0 Å². The largest absolute Gasteiger partial charge is 0.393 e. The van der Waals surface area contributed by atoms with Crippen LogP contribution in [-0.2, 0) is 0 Å². The maximum absolute atomic E-state index is 13.7. The van der Waals surface area contributed by atoms with Crippen LogP contribution in [0, 0.1) is 5.82 Å². The number of benzene rings is 1. The van der Waals surface area contributed by atoms with Crippen LogP contribution in [-0.4, -0.2) is 23.5 Å². The van der Waals surface area contributed by atoms with Crippen LogP contribution in [0.4, 0.5) is 4.39 Å². The van der Waals surface area contributed by atoms with E-state index in [2.05, 4.69) is 5.32 Å². The fourth-order valence-corrected chi connectivity index (χ4v) is 3.37. The highest BCUT2D eigenvalue weighted by molar-refractivity contribution is 7.99. The molecule has 2 nitrogen and oxygen atoms in total. The number of aliphatic hydroxyl groups excluding tert-OH is 1. The van der Waals surface area contributed by atoms with Crippen LogP contribution in [0.15, 0.2) is 23.1 Å². The van der Waals surface area contributed by atoms with E-state index in [1.165, 1.54) is 6.07 Å². The van der Waals surface area contributed by atoms with Crippen molar-refractivity contribution >= 4 is 11.8 Å². The van der Waals surface area contributed by atoms with Crippen LogP contribution < -0.4 is 5.32 Å². The lowest BCUT2D eigenvalue weighted by atomic mass is 10.0. The van der Waals surface area contributed by atoms with Crippen molar-refractivity contribution in [1.29, 1.82) is 0 Å². The molecule has 2 N–H and O–H groups in total. The van der Waals surface area contributed by atoms with Gasteiger partial charge in [-0.15, -0.1) is 11.8 Å². The molecule has 0 radical (unpaired) electrons. The van der Waals surface area contributed by atoms with Gasteiger partial charge in [-0.1, -0.05) is 19.1 Å². The minimum atomic E-state index is -0.234. The zero-order valence-corrected chi connectivity index (χ0v) is 11.5. The van der Waals surface area contributed by atoms with Crippen molar-refractivity contribution in [1.82, 2.24) is 5.32 Å². The number of fused-ring (bicyclic) bond motifs is 1. The summed E-state index contributed by atoms with van der Waals surface area (Å²) in [6.07, 6.45) is 2.32. The second kappa shape index (κ2) is 6.55. The summed E-state index contributed by atoms with van der Waals surface area (Å²) in [7, 11) is 0. The van der Waals surface area contributed by atoms with Gasteiger partial charge in [0.15, 0.2) is 0 Å². The first-order valence-corrected chi connectivity index (χ1v) is 7.53. The lowest BCUT2D eigenvalue weighted by Gasteiger charge is -2.26.